The Morgan fingerprint density at radius 2 is 2.08 bits per heavy atom. The SMILES string of the molecule is CCOC(=O)C/N=C1\OC[C@@H](c2ccccc2)N1C1CCNCC1. The molecule has 1 atom stereocenters. The van der Waals surface area contributed by atoms with E-state index in [0.29, 0.717) is 25.3 Å². The fraction of sp³-hybridized carbons (Fsp3) is 0.556. The summed E-state index contributed by atoms with van der Waals surface area (Å²) in [6.45, 7) is 4.72. The van der Waals surface area contributed by atoms with Gasteiger partial charge >= 0.3 is 5.97 Å². The summed E-state index contributed by atoms with van der Waals surface area (Å²) in [5, 5.41) is 3.39. The second-order valence-corrected chi connectivity index (χ2v) is 6.03. The van der Waals surface area contributed by atoms with Gasteiger partial charge in [0.1, 0.15) is 13.2 Å². The number of hydrogen-bond acceptors (Lipinski definition) is 5. The van der Waals surface area contributed by atoms with Gasteiger partial charge in [0, 0.05) is 6.04 Å². The van der Waals surface area contributed by atoms with E-state index in [1.165, 1.54) is 5.56 Å². The summed E-state index contributed by atoms with van der Waals surface area (Å²) in [5.74, 6) is -0.318. The van der Waals surface area contributed by atoms with Crippen LogP contribution in [0.2, 0.25) is 0 Å². The van der Waals surface area contributed by atoms with Gasteiger partial charge in [0.2, 0.25) is 0 Å². The normalized spacial score (nSPS) is 23.3. The zero-order valence-electron chi connectivity index (χ0n) is 14.1. The molecule has 0 unspecified atom stereocenters. The minimum atomic E-state index is -0.318. The van der Waals surface area contributed by atoms with Gasteiger partial charge in [-0.15, -0.1) is 0 Å². The number of carbonyl (C=O) groups is 1. The monoisotopic (exact) mass is 331 g/mol. The van der Waals surface area contributed by atoms with Crippen molar-refractivity contribution in [2.24, 2.45) is 4.99 Å². The van der Waals surface area contributed by atoms with E-state index in [4.69, 9.17) is 9.47 Å². The van der Waals surface area contributed by atoms with E-state index < -0.39 is 0 Å². The third-order valence-corrected chi connectivity index (χ3v) is 4.46. The molecule has 0 aromatic heterocycles. The molecule has 2 aliphatic heterocycles. The molecule has 0 amide bonds. The zero-order chi connectivity index (χ0) is 16.8. The second-order valence-electron chi connectivity index (χ2n) is 6.03. The number of hydrogen-bond donors (Lipinski definition) is 1. The lowest BCUT2D eigenvalue weighted by atomic mass is 10.0. The van der Waals surface area contributed by atoms with E-state index >= 15 is 0 Å². The van der Waals surface area contributed by atoms with Gasteiger partial charge < -0.3 is 19.7 Å². The third kappa shape index (κ3) is 3.87. The van der Waals surface area contributed by atoms with Crippen molar-refractivity contribution in [2.75, 3.05) is 32.8 Å². The number of amidine groups is 1. The maximum Gasteiger partial charge on any atom is 0.327 e. The molecule has 2 saturated heterocycles. The number of esters is 1. The standard InChI is InChI=1S/C18H25N3O3/c1-2-23-17(22)12-20-18-21(15-8-10-19-11-9-15)16(13-24-18)14-6-4-3-5-7-14/h3-7,15-16,19H,2,8-13H2,1H3/b20-18-/t16-/m0/s1. The number of ether oxygens (including phenoxy) is 2. The van der Waals surface area contributed by atoms with Gasteiger partial charge in [-0.05, 0) is 38.4 Å². The van der Waals surface area contributed by atoms with Crippen LogP contribution in [-0.2, 0) is 14.3 Å². The highest BCUT2D eigenvalue weighted by molar-refractivity contribution is 5.80. The Balaban J connectivity index is 1.80. The molecule has 2 aliphatic rings. The topological polar surface area (TPSA) is 63.2 Å². The van der Waals surface area contributed by atoms with Gasteiger partial charge in [0.25, 0.3) is 6.02 Å². The third-order valence-electron chi connectivity index (χ3n) is 4.46. The van der Waals surface area contributed by atoms with Crippen LogP contribution in [0.1, 0.15) is 31.4 Å². The molecule has 1 N–H and O–H groups in total. The Labute approximate surface area is 142 Å². The number of nitrogens with zero attached hydrogens (tertiary/aromatic N) is 2. The smallest absolute Gasteiger partial charge is 0.327 e. The molecule has 1 aromatic carbocycles. The van der Waals surface area contributed by atoms with Crippen LogP contribution in [0.5, 0.6) is 0 Å². The number of rotatable bonds is 5. The van der Waals surface area contributed by atoms with Crippen molar-refractivity contribution in [3.63, 3.8) is 0 Å². The van der Waals surface area contributed by atoms with Crippen LogP contribution < -0.4 is 5.32 Å². The summed E-state index contributed by atoms with van der Waals surface area (Å²) in [6, 6.07) is 11.4. The van der Waals surface area contributed by atoms with Crippen LogP contribution in [0.15, 0.2) is 35.3 Å². The van der Waals surface area contributed by atoms with Crippen LogP contribution in [0.25, 0.3) is 0 Å². The Morgan fingerprint density at radius 3 is 2.79 bits per heavy atom. The lowest BCUT2D eigenvalue weighted by molar-refractivity contribution is -0.141. The predicted molar refractivity (Wildman–Crippen MR) is 91.8 cm³/mol. The fourth-order valence-electron chi connectivity index (χ4n) is 3.34. The molecular formula is C18H25N3O3. The van der Waals surface area contributed by atoms with Gasteiger partial charge in [0.05, 0.1) is 12.6 Å². The van der Waals surface area contributed by atoms with E-state index in [-0.39, 0.29) is 18.6 Å². The predicted octanol–water partition coefficient (Wildman–Crippen LogP) is 1.73. The molecule has 130 valence electrons. The molecule has 24 heavy (non-hydrogen) atoms. The van der Waals surface area contributed by atoms with E-state index in [9.17, 15) is 4.79 Å². The molecule has 0 spiro atoms. The molecule has 2 heterocycles. The first-order chi connectivity index (χ1) is 11.8. The van der Waals surface area contributed by atoms with E-state index in [1.54, 1.807) is 6.92 Å². The Morgan fingerprint density at radius 1 is 1.33 bits per heavy atom. The second kappa shape index (κ2) is 8.15. The highest BCUT2D eigenvalue weighted by Crippen LogP contribution is 2.32. The number of benzene rings is 1. The van der Waals surface area contributed by atoms with E-state index in [2.05, 4.69) is 27.3 Å². The van der Waals surface area contributed by atoms with Crippen LogP contribution in [0.3, 0.4) is 0 Å². The van der Waals surface area contributed by atoms with Crippen LogP contribution in [0.4, 0.5) is 0 Å². The number of aliphatic imine (C=N–C) groups is 1. The van der Waals surface area contributed by atoms with Crippen molar-refractivity contribution in [1.29, 1.82) is 0 Å². The van der Waals surface area contributed by atoms with Crippen LogP contribution in [-0.4, -0.2) is 55.8 Å². The summed E-state index contributed by atoms with van der Waals surface area (Å²) in [6.07, 6.45) is 2.09. The molecule has 6 nitrogen and oxygen atoms in total. The summed E-state index contributed by atoms with van der Waals surface area (Å²) in [7, 11) is 0. The molecule has 0 aliphatic carbocycles. The zero-order valence-corrected chi connectivity index (χ0v) is 14.1. The molecule has 6 heteroatoms. The van der Waals surface area contributed by atoms with Gasteiger partial charge in [-0.1, -0.05) is 30.3 Å². The first-order valence-electron chi connectivity index (χ1n) is 8.66. The molecule has 0 radical (unpaired) electrons. The van der Waals surface area contributed by atoms with E-state index in [0.717, 1.165) is 25.9 Å². The summed E-state index contributed by atoms with van der Waals surface area (Å²) in [5.41, 5.74) is 1.22. The van der Waals surface area contributed by atoms with Crippen molar-refractivity contribution in [3.8, 4) is 0 Å². The highest BCUT2D eigenvalue weighted by Gasteiger charge is 2.37. The molecule has 3 rings (SSSR count). The van der Waals surface area contributed by atoms with Crippen molar-refractivity contribution in [1.82, 2.24) is 10.2 Å². The van der Waals surface area contributed by atoms with Crippen molar-refractivity contribution < 1.29 is 14.3 Å². The Bertz CT molecular complexity index is 570. The maximum absolute atomic E-state index is 11.6. The molecule has 0 bridgehead atoms. The lowest BCUT2D eigenvalue weighted by Crippen LogP contribution is -2.45. The lowest BCUT2D eigenvalue weighted by Gasteiger charge is -2.35. The Hall–Kier alpha value is -2.08. The summed E-state index contributed by atoms with van der Waals surface area (Å²) in [4.78, 5) is 18.3. The first kappa shape index (κ1) is 16.8. The minimum Gasteiger partial charge on any atom is -0.465 e. The van der Waals surface area contributed by atoms with Crippen LogP contribution in [0, 0.1) is 0 Å². The minimum absolute atomic E-state index is 0.00610. The fourth-order valence-corrected chi connectivity index (χ4v) is 3.34. The van der Waals surface area contributed by atoms with E-state index in [1.807, 2.05) is 18.2 Å². The average Bonchev–Trinajstić information content (AvgIpc) is 3.06. The summed E-state index contributed by atoms with van der Waals surface area (Å²) < 4.78 is 10.8. The number of carbonyl (C=O) groups excluding carboxylic acids is 1. The van der Waals surface area contributed by atoms with Gasteiger partial charge in [-0.3, -0.25) is 4.79 Å². The van der Waals surface area contributed by atoms with Crippen molar-refractivity contribution in [3.05, 3.63) is 35.9 Å². The molecule has 1 aromatic rings. The highest BCUT2D eigenvalue weighted by atomic mass is 16.5. The van der Waals surface area contributed by atoms with Crippen LogP contribution >= 0.6 is 0 Å². The maximum atomic E-state index is 11.6. The molecular weight excluding hydrogens is 306 g/mol. The summed E-state index contributed by atoms with van der Waals surface area (Å²) >= 11 is 0. The number of nitrogens with one attached hydrogen (secondary N) is 1. The first-order valence-corrected chi connectivity index (χ1v) is 8.66. The van der Waals surface area contributed by atoms with Crippen molar-refractivity contribution >= 4 is 12.0 Å². The quantitative estimate of drug-likeness (QED) is 0.833. The van der Waals surface area contributed by atoms with Gasteiger partial charge in [-0.25, -0.2) is 4.99 Å². The molecule has 2 fully saturated rings. The van der Waals surface area contributed by atoms with Gasteiger partial charge in [-0.2, -0.15) is 0 Å². The Kier molecular flexibility index (Phi) is 5.69. The number of piperidine rings is 1. The van der Waals surface area contributed by atoms with Gasteiger partial charge in [0.15, 0.2) is 0 Å². The average molecular weight is 331 g/mol. The van der Waals surface area contributed by atoms with Crippen molar-refractivity contribution in [2.45, 2.75) is 31.8 Å². The molecule has 0 saturated carbocycles. The largest absolute Gasteiger partial charge is 0.465 e.